The average molecular weight is 371 g/mol. The van der Waals surface area contributed by atoms with Gasteiger partial charge in [0, 0.05) is 25.7 Å². The predicted octanol–water partition coefficient (Wildman–Crippen LogP) is 2.49. The van der Waals surface area contributed by atoms with Crippen molar-refractivity contribution in [2.24, 2.45) is 0 Å². The van der Waals surface area contributed by atoms with Gasteiger partial charge >= 0.3 is 0 Å². The van der Waals surface area contributed by atoms with Crippen LogP contribution in [0.5, 0.6) is 5.75 Å². The standard InChI is InChI=1S/C22H31N3O2/c1-17(2)20-8-7-18(3)14-21(20)27-16-19(26)15-24-10-12-25(13-11-24)22-6-4-5-9-23-22/h4-9,14,17,19,26H,10-13,15-16H2,1-3H3/p+1/t19-/m0/s1. The van der Waals surface area contributed by atoms with Gasteiger partial charge in [0.15, 0.2) is 0 Å². The lowest BCUT2D eigenvalue weighted by atomic mass is 10.0. The van der Waals surface area contributed by atoms with E-state index in [0.717, 1.165) is 37.7 Å². The highest BCUT2D eigenvalue weighted by molar-refractivity contribution is 5.39. The fraction of sp³-hybridized carbons (Fsp3) is 0.500. The van der Waals surface area contributed by atoms with Crippen LogP contribution in [0.1, 0.15) is 30.9 Å². The van der Waals surface area contributed by atoms with Crippen molar-refractivity contribution >= 4 is 5.82 Å². The molecule has 5 nitrogen and oxygen atoms in total. The Labute approximate surface area is 162 Å². The number of hydrogen-bond donors (Lipinski definition) is 1. The first-order chi connectivity index (χ1) is 13.0. The Morgan fingerprint density at radius 3 is 2.56 bits per heavy atom. The van der Waals surface area contributed by atoms with Gasteiger partial charge in [0.05, 0.1) is 19.3 Å². The number of piperazine rings is 1. The minimum absolute atomic E-state index is 0.329. The minimum atomic E-state index is -0.486. The molecule has 3 rings (SSSR count). The van der Waals surface area contributed by atoms with Crippen molar-refractivity contribution in [1.29, 1.82) is 0 Å². The predicted molar refractivity (Wildman–Crippen MR) is 108 cm³/mol. The highest BCUT2D eigenvalue weighted by Gasteiger charge is 2.24. The molecule has 0 saturated carbocycles. The fourth-order valence-corrected chi connectivity index (χ4v) is 3.53. The molecule has 1 aromatic heterocycles. The van der Waals surface area contributed by atoms with Gasteiger partial charge < -0.3 is 9.84 Å². The highest BCUT2D eigenvalue weighted by Crippen LogP contribution is 2.27. The molecule has 5 heteroatoms. The Morgan fingerprint density at radius 1 is 1.11 bits per heavy atom. The first-order valence-corrected chi connectivity index (χ1v) is 9.88. The summed E-state index contributed by atoms with van der Waals surface area (Å²) in [6.45, 7) is 11.2. The average Bonchev–Trinajstić information content (AvgIpc) is 2.67. The van der Waals surface area contributed by atoms with Crippen LogP contribution in [-0.2, 0) is 0 Å². The molecule has 0 bridgehead atoms. The van der Waals surface area contributed by atoms with Crippen molar-refractivity contribution in [2.45, 2.75) is 32.8 Å². The van der Waals surface area contributed by atoms with E-state index in [-0.39, 0.29) is 0 Å². The fourth-order valence-electron chi connectivity index (χ4n) is 3.53. The van der Waals surface area contributed by atoms with Crippen molar-refractivity contribution in [3.63, 3.8) is 0 Å². The number of ether oxygens (including phenoxy) is 1. The number of pyridine rings is 1. The number of aliphatic hydroxyl groups is 1. The minimum Gasteiger partial charge on any atom is -0.491 e. The van der Waals surface area contributed by atoms with Gasteiger partial charge in [-0.25, -0.2) is 4.98 Å². The first-order valence-electron chi connectivity index (χ1n) is 9.88. The zero-order valence-electron chi connectivity index (χ0n) is 16.7. The van der Waals surface area contributed by atoms with Gasteiger partial charge in [-0.3, -0.25) is 9.80 Å². The zero-order valence-corrected chi connectivity index (χ0v) is 16.7. The smallest absolute Gasteiger partial charge is 0.274 e. The summed E-state index contributed by atoms with van der Waals surface area (Å²) in [6, 6.07) is 12.5. The number of H-pyrrole nitrogens is 1. The molecule has 0 spiro atoms. The van der Waals surface area contributed by atoms with Crippen LogP contribution in [0.2, 0.25) is 0 Å². The molecule has 27 heavy (non-hydrogen) atoms. The van der Waals surface area contributed by atoms with Crippen LogP contribution in [0.15, 0.2) is 42.6 Å². The van der Waals surface area contributed by atoms with E-state index >= 15 is 0 Å². The summed E-state index contributed by atoms with van der Waals surface area (Å²) in [6.07, 6.45) is 1.47. The number of aryl methyl sites for hydroxylation is 1. The van der Waals surface area contributed by atoms with Gasteiger partial charge in [-0.05, 0) is 36.1 Å². The number of anilines is 1. The number of β-amino-alcohol motifs (C(OH)–C–C–N with tert-alkyl or cyclic N) is 1. The molecule has 1 aliphatic rings. The van der Waals surface area contributed by atoms with Crippen LogP contribution in [0, 0.1) is 6.92 Å². The summed E-state index contributed by atoms with van der Waals surface area (Å²) >= 11 is 0. The second kappa shape index (κ2) is 9.20. The lowest BCUT2D eigenvalue weighted by molar-refractivity contribution is -0.364. The second-order valence-electron chi connectivity index (χ2n) is 7.70. The third kappa shape index (κ3) is 5.44. The summed E-state index contributed by atoms with van der Waals surface area (Å²) in [5.41, 5.74) is 2.37. The highest BCUT2D eigenvalue weighted by atomic mass is 16.5. The zero-order chi connectivity index (χ0) is 19.2. The van der Waals surface area contributed by atoms with Crippen molar-refractivity contribution in [1.82, 2.24) is 4.90 Å². The lowest BCUT2D eigenvalue weighted by Crippen LogP contribution is -2.50. The van der Waals surface area contributed by atoms with Crippen LogP contribution in [0.3, 0.4) is 0 Å². The monoisotopic (exact) mass is 370 g/mol. The van der Waals surface area contributed by atoms with E-state index < -0.39 is 6.10 Å². The molecule has 146 valence electrons. The van der Waals surface area contributed by atoms with Crippen LogP contribution < -0.4 is 14.6 Å². The van der Waals surface area contributed by atoms with Crippen molar-refractivity contribution in [3.8, 4) is 5.75 Å². The van der Waals surface area contributed by atoms with E-state index in [1.807, 2.05) is 12.3 Å². The normalized spacial score (nSPS) is 16.6. The Morgan fingerprint density at radius 2 is 1.89 bits per heavy atom. The van der Waals surface area contributed by atoms with Crippen molar-refractivity contribution in [3.05, 3.63) is 53.7 Å². The van der Waals surface area contributed by atoms with E-state index in [1.165, 1.54) is 11.1 Å². The molecular weight excluding hydrogens is 338 g/mol. The maximum Gasteiger partial charge on any atom is 0.274 e. The molecule has 1 atom stereocenters. The Bertz CT molecular complexity index is 713. The number of aromatic amines is 1. The van der Waals surface area contributed by atoms with E-state index in [2.05, 4.69) is 65.9 Å². The molecule has 0 aliphatic carbocycles. The Kier molecular flexibility index (Phi) is 6.69. The molecule has 0 amide bonds. The van der Waals surface area contributed by atoms with Gasteiger partial charge in [-0.1, -0.05) is 32.0 Å². The lowest BCUT2D eigenvalue weighted by Gasteiger charge is -2.32. The van der Waals surface area contributed by atoms with Crippen LogP contribution >= 0.6 is 0 Å². The van der Waals surface area contributed by atoms with E-state index in [0.29, 0.717) is 19.1 Å². The van der Waals surface area contributed by atoms with Crippen LogP contribution in [-0.4, -0.2) is 55.4 Å². The Balaban J connectivity index is 1.47. The van der Waals surface area contributed by atoms with Crippen molar-refractivity contribution < 1.29 is 14.8 Å². The second-order valence-corrected chi connectivity index (χ2v) is 7.70. The molecule has 0 radical (unpaired) electrons. The van der Waals surface area contributed by atoms with Crippen LogP contribution in [0.25, 0.3) is 0 Å². The quantitative estimate of drug-likeness (QED) is 0.814. The summed E-state index contributed by atoms with van der Waals surface area (Å²) in [4.78, 5) is 7.95. The summed E-state index contributed by atoms with van der Waals surface area (Å²) < 4.78 is 5.98. The number of rotatable bonds is 7. The van der Waals surface area contributed by atoms with E-state index in [1.54, 1.807) is 0 Å². The number of nitrogens with zero attached hydrogens (tertiary/aromatic N) is 2. The molecule has 1 fully saturated rings. The van der Waals surface area contributed by atoms with Crippen LogP contribution in [0.4, 0.5) is 5.82 Å². The third-order valence-corrected chi connectivity index (χ3v) is 5.10. The molecule has 1 saturated heterocycles. The number of hydrogen-bond acceptors (Lipinski definition) is 4. The summed E-state index contributed by atoms with van der Waals surface area (Å²) in [5.74, 6) is 2.45. The van der Waals surface area contributed by atoms with Gasteiger partial charge in [0.1, 0.15) is 18.5 Å². The first kappa shape index (κ1) is 19.6. The SMILES string of the molecule is Cc1ccc(C(C)C)c(OC[C@@H](O)CN2CCN(c3cccc[nH+]3)CC2)c1. The Hall–Kier alpha value is -2.11. The molecule has 2 aromatic rings. The third-order valence-electron chi connectivity index (χ3n) is 5.10. The largest absolute Gasteiger partial charge is 0.491 e. The van der Waals surface area contributed by atoms with Gasteiger partial charge in [-0.2, -0.15) is 0 Å². The van der Waals surface area contributed by atoms with E-state index in [4.69, 9.17) is 4.74 Å². The number of aromatic nitrogens is 1. The number of nitrogens with one attached hydrogen (secondary N) is 1. The number of aliphatic hydroxyl groups excluding tert-OH is 1. The maximum absolute atomic E-state index is 10.5. The number of benzene rings is 1. The van der Waals surface area contributed by atoms with Crippen molar-refractivity contribution in [2.75, 3.05) is 44.2 Å². The van der Waals surface area contributed by atoms with Gasteiger partial charge in [0.2, 0.25) is 0 Å². The molecule has 1 aliphatic heterocycles. The molecule has 0 unspecified atom stereocenters. The molecular formula is C22H32N3O2+. The van der Waals surface area contributed by atoms with Gasteiger partial charge in [0.25, 0.3) is 5.82 Å². The summed E-state index contributed by atoms with van der Waals surface area (Å²) in [5, 5.41) is 10.5. The molecule has 2 heterocycles. The topological polar surface area (TPSA) is 50.1 Å². The van der Waals surface area contributed by atoms with E-state index in [9.17, 15) is 5.11 Å². The maximum atomic E-state index is 10.5. The molecule has 2 N–H and O–H groups in total. The molecule has 1 aromatic carbocycles. The van der Waals surface area contributed by atoms with Gasteiger partial charge in [-0.15, -0.1) is 0 Å². The summed E-state index contributed by atoms with van der Waals surface area (Å²) in [7, 11) is 0.